The second-order valence-corrected chi connectivity index (χ2v) is 6.38. The number of methoxy groups -OCH3 is 1. The molecule has 0 atom stereocenters. The van der Waals surface area contributed by atoms with E-state index in [-0.39, 0.29) is 18.7 Å². The molecule has 0 unspecified atom stereocenters. The number of hydrogen-bond donors (Lipinski definition) is 3. The Hall–Kier alpha value is -2.54. The van der Waals surface area contributed by atoms with E-state index in [4.69, 9.17) is 9.47 Å². The summed E-state index contributed by atoms with van der Waals surface area (Å²) in [6.07, 6.45) is 2.85. The molecule has 1 saturated heterocycles. The molecule has 1 aromatic carbocycles. The number of carboxylic acids is 1. The van der Waals surface area contributed by atoms with E-state index in [2.05, 4.69) is 10.3 Å². The number of amides is 1. The second-order valence-electron chi connectivity index (χ2n) is 6.38. The molecule has 3 N–H and O–H groups in total. The molecule has 7 heteroatoms. The third kappa shape index (κ3) is 3.76. The van der Waals surface area contributed by atoms with Crippen LogP contribution in [0.5, 0.6) is 5.75 Å². The van der Waals surface area contributed by atoms with E-state index in [0.717, 1.165) is 16.5 Å². The highest BCUT2D eigenvalue weighted by atomic mass is 16.5. The number of aliphatic carboxylic acids is 1. The van der Waals surface area contributed by atoms with E-state index >= 15 is 0 Å². The smallest absolute Gasteiger partial charge is 0.305 e. The van der Waals surface area contributed by atoms with Gasteiger partial charge >= 0.3 is 5.97 Å². The van der Waals surface area contributed by atoms with Gasteiger partial charge in [0.2, 0.25) is 5.91 Å². The summed E-state index contributed by atoms with van der Waals surface area (Å²) in [5, 5.41) is 13.0. The third-order valence-electron chi connectivity index (χ3n) is 4.66. The van der Waals surface area contributed by atoms with Crippen molar-refractivity contribution in [1.82, 2.24) is 10.3 Å². The van der Waals surface area contributed by atoms with Gasteiger partial charge in [-0.15, -0.1) is 0 Å². The molecule has 0 saturated carbocycles. The summed E-state index contributed by atoms with van der Waals surface area (Å²) < 4.78 is 10.7. The molecule has 1 aromatic heterocycles. The second kappa shape index (κ2) is 7.14. The van der Waals surface area contributed by atoms with Gasteiger partial charge in [0, 0.05) is 30.3 Å². The minimum atomic E-state index is -0.920. The molecule has 134 valence electrons. The molecular weight excluding hydrogens is 324 g/mol. The van der Waals surface area contributed by atoms with Crippen molar-refractivity contribution in [3.8, 4) is 5.75 Å². The van der Waals surface area contributed by atoms with Gasteiger partial charge in [-0.25, -0.2) is 0 Å². The fraction of sp³-hybridized carbons (Fsp3) is 0.444. The fourth-order valence-corrected chi connectivity index (χ4v) is 3.44. The number of benzene rings is 1. The number of aromatic nitrogens is 1. The van der Waals surface area contributed by atoms with E-state index < -0.39 is 11.5 Å². The van der Waals surface area contributed by atoms with Crippen molar-refractivity contribution >= 4 is 22.8 Å². The summed E-state index contributed by atoms with van der Waals surface area (Å²) in [5.41, 5.74) is 0.980. The standard InChI is InChI=1S/C18H22N2O5/c1-24-14-4-2-3-13-17(14)12(11-19-13)9-15(21)20-18(10-16(22)23)5-7-25-8-6-18/h2-4,11,19H,5-10H2,1H3,(H,20,21)(H,22,23). The lowest BCUT2D eigenvalue weighted by Gasteiger charge is -2.36. The lowest BCUT2D eigenvalue weighted by atomic mass is 9.86. The van der Waals surface area contributed by atoms with Gasteiger partial charge in [0.1, 0.15) is 5.75 Å². The Balaban J connectivity index is 1.78. The lowest BCUT2D eigenvalue weighted by Crippen LogP contribution is -2.53. The van der Waals surface area contributed by atoms with Gasteiger partial charge < -0.3 is 24.9 Å². The molecule has 0 aliphatic carbocycles. The van der Waals surface area contributed by atoms with Crippen LogP contribution in [-0.4, -0.2) is 47.8 Å². The monoisotopic (exact) mass is 346 g/mol. The Morgan fingerprint density at radius 1 is 1.36 bits per heavy atom. The molecule has 2 aromatic rings. The topological polar surface area (TPSA) is 101 Å². The Kier molecular flexibility index (Phi) is 4.94. The molecule has 0 bridgehead atoms. The van der Waals surface area contributed by atoms with Gasteiger partial charge in [0.15, 0.2) is 0 Å². The molecule has 25 heavy (non-hydrogen) atoms. The SMILES string of the molecule is COc1cccc2[nH]cc(CC(=O)NC3(CC(=O)O)CCOCC3)c12. The van der Waals surface area contributed by atoms with Crippen LogP contribution in [0.15, 0.2) is 24.4 Å². The third-order valence-corrected chi connectivity index (χ3v) is 4.66. The van der Waals surface area contributed by atoms with Crippen LogP contribution in [0.2, 0.25) is 0 Å². The Morgan fingerprint density at radius 2 is 2.12 bits per heavy atom. The summed E-state index contributed by atoms with van der Waals surface area (Å²) in [4.78, 5) is 27.0. The van der Waals surface area contributed by atoms with Gasteiger partial charge in [0.05, 0.1) is 25.5 Å². The fourth-order valence-electron chi connectivity index (χ4n) is 3.44. The number of hydrogen-bond acceptors (Lipinski definition) is 4. The molecule has 7 nitrogen and oxygen atoms in total. The Labute approximate surface area is 145 Å². The van der Waals surface area contributed by atoms with E-state index in [1.807, 2.05) is 18.2 Å². The van der Waals surface area contributed by atoms with Crippen LogP contribution in [0.4, 0.5) is 0 Å². The Bertz CT molecular complexity index is 777. The van der Waals surface area contributed by atoms with Crippen LogP contribution in [0.1, 0.15) is 24.8 Å². The molecule has 2 heterocycles. The predicted octanol–water partition coefficient (Wildman–Crippen LogP) is 1.86. The maximum absolute atomic E-state index is 12.6. The molecule has 1 aliphatic rings. The largest absolute Gasteiger partial charge is 0.496 e. The number of carbonyl (C=O) groups is 2. The number of aromatic amines is 1. The predicted molar refractivity (Wildman–Crippen MR) is 91.7 cm³/mol. The van der Waals surface area contributed by atoms with Crippen molar-refractivity contribution in [2.45, 2.75) is 31.2 Å². The van der Waals surface area contributed by atoms with Gasteiger partial charge in [-0.2, -0.15) is 0 Å². The minimum Gasteiger partial charge on any atom is -0.496 e. The first-order chi connectivity index (χ1) is 12.0. The van der Waals surface area contributed by atoms with Crippen molar-refractivity contribution in [2.75, 3.05) is 20.3 Å². The van der Waals surface area contributed by atoms with Crippen molar-refractivity contribution in [3.05, 3.63) is 30.0 Å². The van der Waals surface area contributed by atoms with Crippen molar-refractivity contribution in [1.29, 1.82) is 0 Å². The van der Waals surface area contributed by atoms with Gasteiger partial charge in [-0.3, -0.25) is 9.59 Å². The molecule has 1 aliphatic heterocycles. The first-order valence-electron chi connectivity index (χ1n) is 8.26. The van der Waals surface area contributed by atoms with Crippen LogP contribution < -0.4 is 10.1 Å². The average molecular weight is 346 g/mol. The summed E-state index contributed by atoms with van der Waals surface area (Å²) in [7, 11) is 1.59. The van der Waals surface area contributed by atoms with Crippen molar-refractivity contribution in [3.63, 3.8) is 0 Å². The zero-order valence-corrected chi connectivity index (χ0v) is 14.1. The minimum absolute atomic E-state index is 0.0979. The lowest BCUT2D eigenvalue weighted by molar-refractivity contribution is -0.140. The highest BCUT2D eigenvalue weighted by Crippen LogP contribution is 2.29. The van der Waals surface area contributed by atoms with E-state index in [0.29, 0.717) is 31.8 Å². The molecule has 0 radical (unpaired) electrons. The quantitative estimate of drug-likeness (QED) is 0.741. The maximum atomic E-state index is 12.6. The highest BCUT2D eigenvalue weighted by Gasteiger charge is 2.36. The van der Waals surface area contributed by atoms with Gasteiger partial charge in [0.25, 0.3) is 0 Å². The zero-order chi connectivity index (χ0) is 17.9. The summed E-state index contributed by atoms with van der Waals surface area (Å²) >= 11 is 0. The van der Waals surface area contributed by atoms with E-state index in [1.54, 1.807) is 13.3 Å². The number of carboxylic acid groups (broad SMARTS) is 1. The number of nitrogens with one attached hydrogen (secondary N) is 2. The van der Waals surface area contributed by atoms with Crippen LogP contribution in [-0.2, 0) is 20.7 Å². The van der Waals surface area contributed by atoms with Crippen molar-refractivity contribution in [2.24, 2.45) is 0 Å². The summed E-state index contributed by atoms with van der Waals surface area (Å²) in [6, 6.07) is 5.65. The first kappa shape index (κ1) is 17.3. The Morgan fingerprint density at radius 3 is 2.80 bits per heavy atom. The van der Waals surface area contributed by atoms with Gasteiger partial charge in [-0.1, -0.05) is 6.07 Å². The van der Waals surface area contributed by atoms with Crippen molar-refractivity contribution < 1.29 is 24.2 Å². The highest BCUT2D eigenvalue weighted by molar-refractivity contribution is 5.93. The number of rotatable bonds is 6. The number of ether oxygens (including phenoxy) is 2. The van der Waals surface area contributed by atoms with Crippen LogP contribution >= 0.6 is 0 Å². The average Bonchev–Trinajstić information content (AvgIpc) is 2.97. The van der Waals surface area contributed by atoms with Crippen LogP contribution in [0.25, 0.3) is 10.9 Å². The molecule has 3 rings (SSSR count). The number of carbonyl (C=O) groups excluding carboxylic acids is 1. The van der Waals surface area contributed by atoms with Crippen LogP contribution in [0, 0.1) is 0 Å². The zero-order valence-electron chi connectivity index (χ0n) is 14.1. The maximum Gasteiger partial charge on any atom is 0.305 e. The summed E-state index contributed by atoms with van der Waals surface area (Å²) in [6.45, 7) is 0.906. The molecule has 0 spiro atoms. The van der Waals surface area contributed by atoms with Gasteiger partial charge in [-0.05, 0) is 30.5 Å². The van der Waals surface area contributed by atoms with E-state index in [1.165, 1.54) is 0 Å². The first-order valence-corrected chi connectivity index (χ1v) is 8.26. The normalized spacial score (nSPS) is 16.5. The molecule has 1 amide bonds. The summed E-state index contributed by atoms with van der Waals surface area (Å²) in [5.74, 6) is -0.418. The molecular formula is C18H22N2O5. The molecule has 1 fully saturated rings. The van der Waals surface area contributed by atoms with E-state index in [9.17, 15) is 14.7 Å². The van der Waals surface area contributed by atoms with Crippen LogP contribution in [0.3, 0.4) is 0 Å². The number of H-pyrrole nitrogens is 1. The number of fused-ring (bicyclic) bond motifs is 1.